The molecule has 2 saturated heterocycles. The highest BCUT2D eigenvalue weighted by Crippen LogP contribution is 2.21. The third-order valence-electron chi connectivity index (χ3n) is 5.68. The predicted molar refractivity (Wildman–Crippen MR) is 114 cm³/mol. The van der Waals surface area contributed by atoms with Crippen molar-refractivity contribution in [2.24, 2.45) is 0 Å². The second-order valence-electron chi connectivity index (χ2n) is 7.52. The van der Waals surface area contributed by atoms with E-state index in [1.165, 1.54) is 5.69 Å². The minimum atomic E-state index is 0.544. The lowest BCUT2D eigenvalue weighted by atomic mass is 10.2. The van der Waals surface area contributed by atoms with E-state index < -0.39 is 0 Å². The SMILES string of the molecule is CCN1CCN(c2cnnc(Nc3ccc(N4CCN(C)CC4)cc3)n2)CC1. The summed E-state index contributed by atoms with van der Waals surface area (Å²) in [5, 5.41) is 11.6. The van der Waals surface area contributed by atoms with Gasteiger partial charge in [-0.3, -0.25) is 0 Å². The van der Waals surface area contributed by atoms with Crippen molar-refractivity contribution in [2.75, 3.05) is 81.1 Å². The molecule has 3 heterocycles. The fourth-order valence-corrected chi connectivity index (χ4v) is 3.74. The molecule has 0 bridgehead atoms. The van der Waals surface area contributed by atoms with Crippen LogP contribution in [0, 0.1) is 0 Å². The number of rotatable bonds is 5. The molecule has 0 atom stereocenters. The molecule has 1 N–H and O–H groups in total. The van der Waals surface area contributed by atoms with E-state index in [-0.39, 0.29) is 0 Å². The van der Waals surface area contributed by atoms with E-state index in [0.29, 0.717) is 5.95 Å². The van der Waals surface area contributed by atoms with E-state index in [0.717, 1.165) is 70.4 Å². The van der Waals surface area contributed by atoms with Crippen molar-refractivity contribution >= 4 is 23.1 Å². The smallest absolute Gasteiger partial charge is 0.249 e. The molecule has 0 saturated carbocycles. The van der Waals surface area contributed by atoms with E-state index in [4.69, 9.17) is 0 Å². The molecule has 0 radical (unpaired) electrons. The first-order chi connectivity index (χ1) is 13.7. The van der Waals surface area contributed by atoms with E-state index in [1.54, 1.807) is 6.20 Å². The molecule has 150 valence electrons. The van der Waals surface area contributed by atoms with Crippen molar-refractivity contribution in [1.29, 1.82) is 0 Å². The highest BCUT2D eigenvalue weighted by molar-refractivity contribution is 5.60. The van der Waals surface area contributed by atoms with Crippen molar-refractivity contribution in [2.45, 2.75) is 6.92 Å². The Morgan fingerprint density at radius 2 is 1.57 bits per heavy atom. The molecule has 0 spiro atoms. The standard InChI is InChI=1S/C20H30N8/c1-3-26-10-14-28(15-11-26)19-16-21-24-20(23-19)22-17-4-6-18(7-5-17)27-12-8-25(2)9-13-27/h4-7,16H,3,8-15H2,1-2H3,(H,22,23,24). The van der Waals surface area contributed by atoms with Gasteiger partial charge in [-0.25, -0.2) is 0 Å². The molecule has 8 heteroatoms. The van der Waals surface area contributed by atoms with Crippen LogP contribution in [0.5, 0.6) is 0 Å². The van der Waals surface area contributed by atoms with Gasteiger partial charge in [0.2, 0.25) is 5.95 Å². The molecule has 4 rings (SSSR count). The van der Waals surface area contributed by atoms with Gasteiger partial charge in [-0.1, -0.05) is 6.92 Å². The zero-order chi connectivity index (χ0) is 19.3. The van der Waals surface area contributed by atoms with Crippen LogP contribution in [0.4, 0.5) is 23.1 Å². The summed E-state index contributed by atoms with van der Waals surface area (Å²) in [6.07, 6.45) is 1.75. The molecule has 0 aliphatic carbocycles. The number of nitrogens with zero attached hydrogens (tertiary/aromatic N) is 7. The van der Waals surface area contributed by atoms with Gasteiger partial charge in [-0.15, -0.1) is 5.10 Å². The van der Waals surface area contributed by atoms with Crippen LogP contribution in [0.2, 0.25) is 0 Å². The number of piperazine rings is 2. The number of hydrogen-bond donors (Lipinski definition) is 1. The quantitative estimate of drug-likeness (QED) is 0.835. The fourth-order valence-electron chi connectivity index (χ4n) is 3.74. The summed E-state index contributed by atoms with van der Waals surface area (Å²) in [6, 6.07) is 8.50. The fraction of sp³-hybridized carbons (Fsp3) is 0.550. The third kappa shape index (κ3) is 4.51. The van der Waals surface area contributed by atoms with Gasteiger partial charge in [-0.2, -0.15) is 10.1 Å². The van der Waals surface area contributed by atoms with Gasteiger partial charge in [0.25, 0.3) is 0 Å². The number of aromatic nitrogens is 3. The minimum Gasteiger partial charge on any atom is -0.369 e. The first kappa shape index (κ1) is 18.9. The van der Waals surface area contributed by atoms with Gasteiger partial charge in [0.1, 0.15) is 0 Å². The monoisotopic (exact) mass is 382 g/mol. The van der Waals surface area contributed by atoms with Crippen LogP contribution >= 0.6 is 0 Å². The summed E-state index contributed by atoms with van der Waals surface area (Å²) in [4.78, 5) is 14.2. The zero-order valence-corrected chi connectivity index (χ0v) is 16.9. The lowest BCUT2D eigenvalue weighted by molar-refractivity contribution is 0.270. The van der Waals surface area contributed by atoms with Crippen LogP contribution in [0.15, 0.2) is 30.5 Å². The van der Waals surface area contributed by atoms with Gasteiger partial charge in [0, 0.05) is 63.7 Å². The van der Waals surface area contributed by atoms with Crippen LogP contribution in [0.1, 0.15) is 6.92 Å². The van der Waals surface area contributed by atoms with Crippen LogP contribution in [0.25, 0.3) is 0 Å². The van der Waals surface area contributed by atoms with E-state index in [9.17, 15) is 0 Å². The molecule has 0 unspecified atom stereocenters. The first-order valence-electron chi connectivity index (χ1n) is 10.2. The second kappa shape index (κ2) is 8.70. The maximum absolute atomic E-state index is 4.67. The molecule has 2 aliphatic rings. The molecular weight excluding hydrogens is 352 g/mol. The predicted octanol–water partition coefficient (Wildman–Crippen LogP) is 1.51. The average Bonchev–Trinajstić information content (AvgIpc) is 2.75. The summed E-state index contributed by atoms with van der Waals surface area (Å²) >= 11 is 0. The van der Waals surface area contributed by atoms with E-state index >= 15 is 0 Å². The van der Waals surface area contributed by atoms with Crippen LogP contribution in [0.3, 0.4) is 0 Å². The lowest BCUT2D eigenvalue weighted by Gasteiger charge is -2.34. The summed E-state index contributed by atoms with van der Waals surface area (Å²) < 4.78 is 0. The Bertz CT molecular complexity index is 749. The molecule has 1 aromatic carbocycles. The molecule has 28 heavy (non-hydrogen) atoms. The lowest BCUT2D eigenvalue weighted by Crippen LogP contribution is -2.46. The van der Waals surface area contributed by atoms with Crippen molar-refractivity contribution in [1.82, 2.24) is 25.0 Å². The summed E-state index contributed by atoms with van der Waals surface area (Å²) in [6.45, 7) is 11.8. The first-order valence-corrected chi connectivity index (χ1v) is 10.2. The summed E-state index contributed by atoms with van der Waals surface area (Å²) in [5.74, 6) is 1.44. The Hall–Kier alpha value is -2.45. The maximum Gasteiger partial charge on any atom is 0.249 e. The third-order valence-corrected chi connectivity index (χ3v) is 5.68. The normalized spacial score (nSPS) is 19.1. The molecular formula is C20H30N8. The highest BCUT2D eigenvalue weighted by atomic mass is 15.3. The highest BCUT2D eigenvalue weighted by Gasteiger charge is 2.18. The topological polar surface area (TPSA) is 63.7 Å². The Kier molecular flexibility index (Phi) is 5.87. The Balaban J connectivity index is 1.38. The minimum absolute atomic E-state index is 0.544. The van der Waals surface area contributed by atoms with Gasteiger partial charge < -0.3 is 24.9 Å². The van der Waals surface area contributed by atoms with Gasteiger partial charge in [0.15, 0.2) is 5.82 Å². The van der Waals surface area contributed by atoms with Crippen LogP contribution in [-0.4, -0.2) is 90.9 Å². The number of anilines is 4. The molecule has 8 nitrogen and oxygen atoms in total. The molecule has 2 aromatic rings. The van der Waals surface area contributed by atoms with Crippen molar-refractivity contribution in [3.63, 3.8) is 0 Å². The van der Waals surface area contributed by atoms with Gasteiger partial charge >= 0.3 is 0 Å². The molecule has 2 fully saturated rings. The number of benzene rings is 1. The summed E-state index contributed by atoms with van der Waals surface area (Å²) in [7, 11) is 2.18. The van der Waals surface area contributed by atoms with Crippen molar-refractivity contribution in [3.05, 3.63) is 30.5 Å². The average molecular weight is 383 g/mol. The second-order valence-corrected chi connectivity index (χ2v) is 7.52. The number of likely N-dealkylation sites (N-methyl/N-ethyl adjacent to an activating group) is 2. The maximum atomic E-state index is 4.67. The zero-order valence-electron chi connectivity index (χ0n) is 16.9. The van der Waals surface area contributed by atoms with Crippen molar-refractivity contribution in [3.8, 4) is 0 Å². The van der Waals surface area contributed by atoms with E-state index in [2.05, 4.69) is 78.3 Å². The number of hydrogen-bond acceptors (Lipinski definition) is 8. The Morgan fingerprint density at radius 1 is 0.893 bits per heavy atom. The van der Waals surface area contributed by atoms with Crippen LogP contribution in [-0.2, 0) is 0 Å². The molecule has 1 aromatic heterocycles. The van der Waals surface area contributed by atoms with Gasteiger partial charge in [0.05, 0.1) is 6.20 Å². The molecule has 0 amide bonds. The van der Waals surface area contributed by atoms with Crippen molar-refractivity contribution < 1.29 is 0 Å². The Morgan fingerprint density at radius 3 is 2.25 bits per heavy atom. The Labute approximate surface area is 167 Å². The van der Waals surface area contributed by atoms with E-state index in [1.807, 2.05) is 0 Å². The molecule has 2 aliphatic heterocycles. The summed E-state index contributed by atoms with van der Waals surface area (Å²) in [5.41, 5.74) is 2.24. The van der Waals surface area contributed by atoms with Crippen LogP contribution < -0.4 is 15.1 Å². The van der Waals surface area contributed by atoms with Gasteiger partial charge in [-0.05, 0) is 37.9 Å². The largest absolute Gasteiger partial charge is 0.369 e. The number of nitrogens with one attached hydrogen (secondary N) is 1.